The van der Waals surface area contributed by atoms with Crippen molar-refractivity contribution < 1.29 is 9.18 Å². The molecule has 1 aliphatic carbocycles. The van der Waals surface area contributed by atoms with E-state index in [2.05, 4.69) is 10.4 Å². The zero-order chi connectivity index (χ0) is 16.4. The molecule has 7 heteroatoms. The second-order valence-corrected chi connectivity index (χ2v) is 6.24. The molecular weight excluding hydrogens is 331 g/mol. The lowest BCUT2D eigenvalue weighted by atomic mass is 10.00. The third-order valence-corrected chi connectivity index (χ3v) is 4.36. The first kappa shape index (κ1) is 18.4. The van der Waals surface area contributed by atoms with Gasteiger partial charge in [0.25, 0.3) is 0 Å². The van der Waals surface area contributed by atoms with Gasteiger partial charge in [-0.3, -0.25) is 4.79 Å². The molecule has 2 atom stereocenters. The monoisotopic (exact) mass is 352 g/mol. The van der Waals surface area contributed by atoms with Crippen molar-refractivity contribution in [2.24, 2.45) is 11.7 Å². The van der Waals surface area contributed by atoms with Crippen LogP contribution in [0.25, 0.3) is 5.69 Å². The third-order valence-electron chi connectivity index (χ3n) is 4.36. The number of halogens is 2. The molecule has 0 saturated heterocycles. The number of nitrogens with one attached hydrogen (secondary N) is 1. The van der Waals surface area contributed by atoms with Gasteiger partial charge in [0, 0.05) is 24.3 Å². The number of benzene rings is 1. The lowest BCUT2D eigenvalue weighted by Crippen LogP contribution is -2.28. The smallest absolute Gasteiger partial charge is 0.224 e. The third kappa shape index (κ3) is 4.13. The van der Waals surface area contributed by atoms with Crippen LogP contribution < -0.4 is 11.1 Å². The molecule has 1 amide bonds. The van der Waals surface area contributed by atoms with Gasteiger partial charge in [-0.25, -0.2) is 9.07 Å². The average molecular weight is 353 g/mol. The highest BCUT2D eigenvalue weighted by Gasteiger charge is 2.26. The Hall–Kier alpha value is -1.92. The zero-order valence-corrected chi connectivity index (χ0v) is 14.4. The Morgan fingerprint density at radius 1 is 1.46 bits per heavy atom. The summed E-state index contributed by atoms with van der Waals surface area (Å²) in [4.78, 5) is 12.1. The summed E-state index contributed by atoms with van der Waals surface area (Å²) in [5.74, 6) is -0.316. The Labute approximate surface area is 146 Å². The summed E-state index contributed by atoms with van der Waals surface area (Å²) >= 11 is 0. The van der Waals surface area contributed by atoms with Gasteiger partial charge in [-0.05, 0) is 49.4 Å². The van der Waals surface area contributed by atoms with Gasteiger partial charge in [-0.2, -0.15) is 5.10 Å². The second-order valence-electron chi connectivity index (χ2n) is 6.24. The van der Waals surface area contributed by atoms with E-state index in [-0.39, 0.29) is 30.3 Å². The Balaban J connectivity index is 0.00000208. The first-order valence-corrected chi connectivity index (χ1v) is 7.89. The molecule has 1 fully saturated rings. The number of nitrogens with zero attached hydrogens (tertiary/aromatic N) is 2. The van der Waals surface area contributed by atoms with E-state index in [1.54, 1.807) is 24.5 Å². The fourth-order valence-electron chi connectivity index (χ4n) is 3.08. The van der Waals surface area contributed by atoms with Crippen molar-refractivity contribution in [1.29, 1.82) is 0 Å². The molecule has 24 heavy (non-hydrogen) atoms. The van der Waals surface area contributed by atoms with Crippen LogP contribution in [0.15, 0.2) is 30.6 Å². The lowest BCUT2D eigenvalue weighted by molar-refractivity contribution is -0.117. The zero-order valence-electron chi connectivity index (χ0n) is 13.5. The molecule has 0 spiro atoms. The van der Waals surface area contributed by atoms with E-state index in [1.165, 1.54) is 10.7 Å². The maximum atomic E-state index is 14.2. The minimum absolute atomic E-state index is 0. The molecule has 2 aromatic rings. The van der Waals surface area contributed by atoms with E-state index >= 15 is 0 Å². The van der Waals surface area contributed by atoms with Crippen LogP contribution in [0.3, 0.4) is 0 Å². The van der Waals surface area contributed by atoms with Crippen LogP contribution in [0.2, 0.25) is 0 Å². The van der Waals surface area contributed by atoms with E-state index in [1.807, 2.05) is 6.92 Å². The molecule has 0 radical (unpaired) electrons. The Morgan fingerprint density at radius 2 is 2.25 bits per heavy atom. The maximum absolute atomic E-state index is 14.2. The number of aromatic nitrogens is 2. The number of aryl methyl sites for hydroxylation is 1. The molecule has 0 aliphatic heterocycles. The van der Waals surface area contributed by atoms with E-state index in [9.17, 15) is 9.18 Å². The number of amides is 1. The normalized spacial score (nSPS) is 19.8. The van der Waals surface area contributed by atoms with Crippen molar-refractivity contribution in [2.45, 2.75) is 38.6 Å². The van der Waals surface area contributed by atoms with Gasteiger partial charge in [0.1, 0.15) is 5.69 Å². The average Bonchev–Trinajstić information content (AvgIpc) is 3.08. The maximum Gasteiger partial charge on any atom is 0.224 e. The van der Waals surface area contributed by atoms with E-state index in [4.69, 9.17) is 5.73 Å². The summed E-state index contributed by atoms with van der Waals surface area (Å²) in [5, 5.41) is 6.84. The molecule has 1 aromatic heterocycles. The summed E-state index contributed by atoms with van der Waals surface area (Å²) < 4.78 is 15.7. The molecule has 0 unspecified atom stereocenters. The van der Waals surface area contributed by atoms with Crippen LogP contribution in [-0.2, 0) is 4.79 Å². The number of carbonyl (C=O) groups is 1. The molecule has 1 saturated carbocycles. The van der Waals surface area contributed by atoms with Crippen LogP contribution in [0.4, 0.5) is 10.1 Å². The van der Waals surface area contributed by atoms with E-state index in [0.717, 1.165) is 24.8 Å². The van der Waals surface area contributed by atoms with Crippen molar-refractivity contribution >= 4 is 24.0 Å². The fraction of sp³-hybridized carbons (Fsp3) is 0.412. The van der Waals surface area contributed by atoms with Crippen molar-refractivity contribution in [3.8, 4) is 5.69 Å². The van der Waals surface area contributed by atoms with Crippen LogP contribution in [0, 0.1) is 18.7 Å². The molecule has 1 heterocycles. The van der Waals surface area contributed by atoms with Crippen molar-refractivity contribution in [2.75, 3.05) is 5.32 Å². The van der Waals surface area contributed by atoms with Crippen molar-refractivity contribution in [1.82, 2.24) is 9.78 Å². The van der Waals surface area contributed by atoms with Crippen LogP contribution in [-0.4, -0.2) is 21.7 Å². The number of hydrogen-bond donors (Lipinski definition) is 2. The van der Waals surface area contributed by atoms with Crippen molar-refractivity contribution in [3.05, 3.63) is 42.0 Å². The minimum atomic E-state index is -0.427. The number of hydrogen-bond acceptors (Lipinski definition) is 3. The Morgan fingerprint density at radius 3 is 2.83 bits per heavy atom. The molecule has 0 bridgehead atoms. The number of rotatable bonds is 4. The molecular formula is C17H22ClFN4O. The minimum Gasteiger partial charge on any atom is -0.327 e. The fourth-order valence-corrected chi connectivity index (χ4v) is 3.08. The van der Waals surface area contributed by atoms with Gasteiger partial charge in [0.2, 0.25) is 5.91 Å². The molecule has 3 rings (SSSR count). The summed E-state index contributed by atoms with van der Waals surface area (Å²) in [6.45, 7) is 1.89. The van der Waals surface area contributed by atoms with Crippen LogP contribution in [0.5, 0.6) is 0 Å². The van der Waals surface area contributed by atoms with Crippen LogP contribution >= 0.6 is 12.4 Å². The quantitative estimate of drug-likeness (QED) is 0.887. The number of nitrogens with two attached hydrogens (primary N) is 1. The largest absolute Gasteiger partial charge is 0.327 e. The highest BCUT2D eigenvalue weighted by atomic mass is 35.5. The van der Waals surface area contributed by atoms with Gasteiger partial charge < -0.3 is 11.1 Å². The second kappa shape index (κ2) is 7.77. The van der Waals surface area contributed by atoms with Crippen LogP contribution in [0.1, 0.15) is 31.2 Å². The molecule has 1 aromatic carbocycles. The molecule has 130 valence electrons. The summed E-state index contributed by atoms with van der Waals surface area (Å²) in [5.41, 5.74) is 7.74. The standard InChI is InChI=1S/C17H21FN4O.ClH/c1-11-9-20-22(10-11)16-6-5-13(8-14(16)18)21-17(23)7-12-3-2-4-15(12)19;/h5-6,8-10,12,15H,2-4,7,19H2,1H3,(H,21,23);1H/t12-,15+;/m0./s1. The van der Waals surface area contributed by atoms with Gasteiger partial charge >= 0.3 is 0 Å². The summed E-state index contributed by atoms with van der Waals surface area (Å²) in [7, 11) is 0. The summed E-state index contributed by atoms with van der Waals surface area (Å²) in [6.07, 6.45) is 6.85. The molecule has 5 nitrogen and oxygen atoms in total. The summed E-state index contributed by atoms with van der Waals surface area (Å²) in [6, 6.07) is 4.71. The first-order valence-electron chi connectivity index (χ1n) is 7.89. The predicted octanol–water partition coefficient (Wildman–Crippen LogP) is 3.20. The number of anilines is 1. The molecule has 3 N–H and O–H groups in total. The Bertz CT molecular complexity index is 718. The first-order chi connectivity index (χ1) is 11.0. The Kier molecular flexibility index (Phi) is 5.96. The predicted molar refractivity (Wildman–Crippen MR) is 94.1 cm³/mol. The van der Waals surface area contributed by atoms with Gasteiger partial charge in [0.05, 0.1) is 6.20 Å². The number of carbonyl (C=O) groups excluding carboxylic acids is 1. The lowest BCUT2D eigenvalue weighted by Gasteiger charge is -2.15. The van der Waals surface area contributed by atoms with Gasteiger partial charge in [-0.1, -0.05) is 6.42 Å². The SMILES string of the molecule is Cc1cnn(-c2ccc(NC(=O)C[C@@H]3CCC[C@H]3N)cc2F)c1.Cl. The molecule has 1 aliphatic rings. The topological polar surface area (TPSA) is 72.9 Å². The van der Waals surface area contributed by atoms with Crippen molar-refractivity contribution in [3.63, 3.8) is 0 Å². The highest BCUT2D eigenvalue weighted by Crippen LogP contribution is 2.27. The highest BCUT2D eigenvalue weighted by molar-refractivity contribution is 5.91. The van der Waals surface area contributed by atoms with Gasteiger partial charge in [0.15, 0.2) is 5.82 Å². The van der Waals surface area contributed by atoms with E-state index < -0.39 is 5.82 Å². The van der Waals surface area contributed by atoms with E-state index in [0.29, 0.717) is 17.8 Å². The van der Waals surface area contributed by atoms with Gasteiger partial charge in [-0.15, -0.1) is 12.4 Å².